The zero-order chi connectivity index (χ0) is 38.5. The SMILES string of the molecule is CCCCC1CC=C(C#Cc2ccc(-c3ccc(OCCC)cc3)cc2)CC1.CCCOc1ccc(-c2ccc(C#CC3=CCC(CCC)CC3)cc2)cc1. The van der Waals surface area contributed by atoms with Crippen molar-refractivity contribution in [1.82, 2.24) is 0 Å². The van der Waals surface area contributed by atoms with Gasteiger partial charge in [0.1, 0.15) is 11.5 Å². The lowest BCUT2D eigenvalue weighted by Crippen LogP contribution is -2.05. The van der Waals surface area contributed by atoms with Crippen LogP contribution in [0.5, 0.6) is 11.5 Å². The summed E-state index contributed by atoms with van der Waals surface area (Å²) >= 11 is 0. The molecule has 0 fully saturated rings. The van der Waals surface area contributed by atoms with Crippen LogP contribution in [0.25, 0.3) is 22.3 Å². The highest BCUT2D eigenvalue weighted by atomic mass is 16.5. The number of ether oxygens (including phenoxy) is 2. The summed E-state index contributed by atoms with van der Waals surface area (Å²) in [7, 11) is 0. The molecule has 0 amide bonds. The second kappa shape index (κ2) is 23.1. The van der Waals surface area contributed by atoms with Crippen LogP contribution in [0.2, 0.25) is 0 Å². The van der Waals surface area contributed by atoms with Crippen molar-refractivity contribution in [3.8, 4) is 57.4 Å². The van der Waals surface area contributed by atoms with Gasteiger partial charge in [0.2, 0.25) is 0 Å². The minimum absolute atomic E-state index is 0.766. The molecule has 4 aromatic rings. The fourth-order valence-electron chi connectivity index (χ4n) is 7.15. The number of benzene rings is 4. The van der Waals surface area contributed by atoms with E-state index in [2.05, 4.69) is 136 Å². The van der Waals surface area contributed by atoms with Crippen molar-refractivity contribution in [3.05, 3.63) is 131 Å². The summed E-state index contributed by atoms with van der Waals surface area (Å²) in [6.45, 7) is 10.3. The molecule has 2 unspecified atom stereocenters. The van der Waals surface area contributed by atoms with Gasteiger partial charge in [0.25, 0.3) is 0 Å². The maximum Gasteiger partial charge on any atom is 0.119 e. The lowest BCUT2D eigenvalue weighted by molar-refractivity contribution is 0.317. The standard InChI is InChI=1S/C27H32O.C26H30O/c1-3-5-6-22-7-9-23(10-8-22)11-12-24-13-15-25(16-14-24)26-17-19-27(20-18-26)28-21-4-2;1-3-5-21-6-8-22(9-7-21)10-11-23-12-14-24(15-13-23)25-16-18-26(19-17-25)27-20-4-2/h9,13-20,22H,3-8,10,21H2,1-2H3;8,12-19,21H,3-7,9,20H2,1-2H3. The van der Waals surface area contributed by atoms with Crippen molar-refractivity contribution in [3.63, 3.8) is 0 Å². The van der Waals surface area contributed by atoms with E-state index in [0.29, 0.717) is 0 Å². The Morgan fingerprint density at radius 1 is 0.455 bits per heavy atom. The maximum atomic E-state index is 5.66. The Hall–Kier alpha value is -4.92. The summed E-state index contributed by atoms with van der Waals surface area (Å²) in [5.74, 6) is 17.1. The lowest BCUT2D eigenvalue weighted by Gasteiger charge is -2.19. The molecule has 55 heavy (non-hydrogen) atoms. The van der Waals surface area contributed by atoms with Crippen LogP contribution in [0.4, 0.5) is 0 Å². The Kier molecular flexibility index (Phi) is 17.3. The summed E-state index contributed by atoms with van der Waals surface area (Å²) in [5.41, 5.74) is 9.63. The second-order valence-electron chi connectivity index (χ2n) is 15.1. The van der Waals surface area contributed by atoms with Gasteiger partial charge in [-0.15, -0.1) is 0 Å². The van der Waals surface area contributed by atoms with E-state index in [4.69, 9.17) is 9.47 Å². The molecule has 2 aliphatic carbocycles. The maximum absolute atomic E-state index is 5.66. The zero-order valence-electron chi connectivity index (χ0n) is 34.0. The molecule has 0 saturated carbocycles. The Morgan fingerprint density at radius 3 is 1.20 bits per heavy atom. The van der Waals surface area contributed by atoms with Crippen molar-refractivity contribution in [2.24, 2.45) is 11.8 Å². The first kappa shape index (κ1) is 41.2. The monoisotopic (exact) mass is 730 g/mol. The Morgan fingerprint density at radius 2 is 0.855 bits per heavy atom. The molecule has 0 radical (unpaired) electrons. The lowest BCUT2D eigenvalue weighted by atomic mass is 9.86. The van der Waals surface area contributed by atoms with Crippen LogP contribution in [0.15, 0.2) is 120 Å². The molecule has 0 saturated heterocycles. The molecular weight excluding hydrogens is 669 g/mol. The van der Waals surface area contributed by atoms with E-state index >= 15 is 0 Å². The van der Waals surface area contributed by atoms with Crippen LogP contribution in [-0.2, 0) is 0 Å². The fraction of sp³-hybridized carbons (Fsp3) is 0.396. The molecule has 0 bridgehead atoms. The molecule has 0 aliphatic heterocycles. The molecule has 0 N–H and O–H groups in total. The topological polar surface area (TPSA) is 18.5 Å². The predicted molar refractivity (Wildman–Crippen MR) is 234 cm³/mol. The van der Waals surface area contributed by atoms with E-state index < -0.39 is 0 Å². The van der Waals surface area contributed by atoms with Crippen molar-refractivity contribution in [2.75, 3.05) is 13.2 Å². The van der Waals surface area contributed by atoms with E-state index in [1.54, 1.807) is 0 Å². The van der Waals surface area contributed by atoms with Gasteiger partial charge in [0.15, 0.2) is 0 Å². The van der Waals surface area contributed by atoms with Crippen molar-refractivity contribution < 1.29 is 9.47 Å². The number of unbranched alkanes of at least 4 members (excludes halogenated alkanes) is 1. The average molecular weight is 731 g/mol. The minimum Gasteiger partial charge on any atom is -0.494 e. The first-order valence-corrected chi connectivity index (χ1v) is 21.1. The smallest absolute Gasteiger partial charge is 0.119 e. The minimum atomic E-state index is 0.766. The molecule has 0 heterocycles. The van der Waals surface area contributed by atoms with E-state index in [0.717, 1.165) is 73.4 Å². The highest BCUT2D eigenvalue weighted by molar-refractivity contribution is 5.66. The van der Waals surface area contributed by atoms with Gasteiger partial charge >= 0.3 is 0 Å². The average Bonchev–Trinajstić information content (AvgIpc) is 3.25. The normalized spacial score (nSPS) is 16.1. The van der Waals surface area contributed by atoms with Crippen molar-refractivity contribution in [1.29, 1.82) is 0 Å². The zero-order valence-corrected chi connectivity index (χ0v) is 34.0. The summed E-state index contributed by atoms with van der Waals surface area (Å²) in [4.78, 5) is 0. The van der Waals surface area contributed by atoms with Gasteiger partial charge in [-0.1, -0.05) is 144 Å². The Bertz CT molecular complexity index is 1900. The summed E-state index contributed by atoms with van der Waals surface area (Å²) < 4.78 is 11.3. The summed E-state index contributed by atoms with van der Waals surface area (Å²) in [5, 5.41) is 0. The third-order valence-corrected chi connectivity index (χ3v) is 10.5. The Balaban J connectivity index is 0.000000211. The number of rotatable bonds is 13. The van der Waals surface area contributed by atoms with Gasteiger partial charge in [0, 0.05) is 11.1 Å². The Labute approximate surface area is 333 Å². The van der Waals surface area contributed by atoms with Crippen LogP contribution in [-0.4, -0.2) is 13.2 Å². The third kappa shape index (κ3) is 14.0. The highest BCUT2D eigenvalue weighted by Gasteiger charge is 2.13. The van der Waals surface area contributed by atoms with Gasteiger partial charge in [-0.05, 0) is 145 Å². The van der Waals surface area contributed by atoms with Gasteiger partial charge in [0.05, 0.1) is 13.2 Å². The molecule has 0 spiro atoms. The van der Waals surface area contributed by atoms with Crippen LogP contribution >= 0.6 is 0 Å². The third-order valence-electron chi connectivity index (χ3n) is 10.5. The number of hydrogen-bond acceptors (Lipinski definition) is 2. The van der Waals surface area contributed by atoms with Crippen LogP contribution < -0.4 is 9.47 Å². The van der Waals surface area contributed by atoms with Crippen LogP contribution in [0.1, 0.15) is 122 Å². The molecule has 2 aliphatic rings. The first-order valence-electron chi connectivity index (χ1n) is 21.1. The number of hydrogen-bond donors (Lipinski definition) is 0. The first-order chi connectivity index (χ1) is 27.1. The van der Waals surface area contributed by atoms with Crippen molar-refractivity contribution >= 4 is 0 Å². The summed E-state index contributed by atoms with van der Waals surface area (Å²) in [6, 6.07) is 33.7. The van der Waals surface area contributed by atoms with Crippen LogP contribution in [0.3, 0.4) is 0 Å². The molecule has 2 atom stereocenters. The predicted octanol–water partition coefficient (Wildman–Crippen LogP) is 14.4. The molecule has 2 heteroatoms. The molecule has 2 nitrogen and oxygen atoms in total. The molecule has 286 valence electrons. The molecular formula is C53H62O2. The van der Waals surface area contributed by atoms with Crippen molar-refractivity contribution in [2.45, 2.75) is 111 Å². The van der Waals surface area contributed by atoms with Gasteiger partial charge < -0.3 is 9.47 Å². The van der Waals surface area contributed by atoms with Gasteiger partial charge in [-0.2, -0.15) is 0 Å². The van der Waals surface area contributed by atoms with E-state index in [-0.39, 0.29) is 0 Å². The summed E-state index contributed by atoms with van der Waals surface area (Å²) in [6.07, 6.45) is 20.8. The highest BCUT2D eigenvalue weighted by Crippen LogP contribution is 2.29. The molecule has 6 rings (SSSR count). The van der Waals surface area contributed by atoms with E-state index in [9.17, 15) is 0 Å². The van der Waals surface area contributed by atoms with E-state index in [1.807, 2.05) is 24.3 Å². The fourth-order valence-corrected chi connectivity index (χ4v) is 7.15. The van der Waals surface area contributed by atoms with Gasteiger partial charge in [-0.25, -0.2) is 0 Å². The van der Waals surface area contributed by atoms with E-state index in [1.165, 1.54) is 91.2 Å². The second-order valence-corrected chi connectivity index (χ2v) is 15.1. The van der Waals surface area contributed by atoms with Crippen LogP contribution in [0, 0.1) is 35.5 Å². The van der Waals surface area contributed by atoms with Gasteiger partial charge in [-0.3, -0.25) is 0 Å². The molecule has 4 aromatic carbocycles. The number of allylic oxidation sites excluding steroid dienone is 4. The quantitative estimate of drug-likeness (QED) is 0.128. The largest absolute Gasteiger partial charge is 0.494 e. The molecule has 0 aromatic heterocycles.